The number of anilines is 3. The first-order chi connectivity index (χ1) is 17.3. The Bertz CT molecular complexity index is 1310. The van der Waals surface area contributed by atoms with Crippen molar-refractivity contribution in [1.29, 1.82) is 0 Å². The van der Waals surface area contributed by atoms with E-state index in [4.69, 9.17) is 0 Å². The van der Waals surface area contributed by atoms with Gasteiger partial charge in [-0.25, -0.2) is 9.97 Å². The summed E-state index contributed by atoms with van der Waals surface area (Å²) in [4.78, 5) is 46.1. The Morgan fingerprint density at radius 1 is 0.917 bits per heavy atom. The molecular weight excluding hydrogens is 468 g/mol. The van der Waals surface area contributed by atoms with Crippen LogP contribution in [-0.4, -0.2) is 51.9 Å². The van der Waals surface area contributed by atoms with Crippen LogP contribution in [0, 0.1) is 34.1 Å². The fraction of sp³-hybridized carbons (Fsp3) is 0.261. The molecular formula is C23H24N8O5. The summed E-state index contributed by atoms with van der Waals surface area (Å²) in [5.74, 6) is -0.651. The molecule has 186 valence electrons. The molecule has 13 nitrogen and oxygen atoms in total. The lowest BCUT2D eigenvalue weighted by Gasteiger charge is -2.37. The largest absolute Gasteiger partial charge is 0.368 e. The number of nitro benzene ring substituents is 1. The molecule has 1 amide bonds. The number of carbonyl (C=O) groups excluding carboxylic acids is 1. The monoisotopic (exact) mass is 492 g/mol. The van der Waals surface area contributed by atoms with Gasteiger partial charge in [-0.1, -0.05) is 12.1 Å². The fourth-order valence-electron chi connectivity index (χ4n) is 4.02. The first kappa shape index (κ1) is 24.3. The Morgan fingerprint density at radius 3 is 2.22 bits per heavy atom. The third-order valence-corrected chi connectivity index (χ3v) is 6.12. The number of aryl methyl sites for hydroxylation is 1. The minimum atomic E-state index is -0.638. The molecule has 2 heterocycles. The van der Waals surface area contributed by atoms with Crippen LogP contribution in [0.3, 0.4) is 0 Å². The van der Waals surface area contributed by atoms with Crippen molar-refractivity contribution in [3.05, 3.63) is 85.7 Å². The van der Waals surface area contributed by atoms with Gasteiger partial charge in [0, 0.05) is 49.6 Å². The molecule has 0 spiro atoms. The number of aromatic nitrogens is 2. The topological polar surface area (TPSA) is 160 Å². The number of nitro groups is 2. The standard InChI is InChI=1S/C23H24N8O5/c1-15-4-3-5-19(16(15)2)28-10-12-29(13-11-28)22-20(31(35)36)21(24-14-25-22)26-27-23(32)17-6-8-18(9-7-17)30(33)34/h3-9,14H,10-13H2,1-2H3,(H,27,32)(H,24,25,26). The SMILES string of the molecule is Cc1cccc(N2CCN(c3ncnc(NNC(=O)c4ccc([N+](=O)[O-])cc4)c3[N+](=O)[O-])CC2)c1C. The number of hydrogen-bond acceptors (Lipinski definition) is 10. The van der Waals surface area contributed by atoms with Crippen LogP contribution in [-0.2, 0) is 0 Å². The van der Waals surface area contributed by atoms with E-state index in [1.54, 1.807) is 0 Å². The third-order valence-electron chi connectivity index (χ3n) is 6.12. The van der Waals surface area contributed by atoms with Gasteiger partial charge in [-0.3, -0.25) is 35.9 Å². The second-order valence-electron chi connectivity index (χ2n) is 8.23. The maximum absolute atomic E-state index is 12.4. The number of hydrogen-bond donors (Lipinski definition) is 2. The molecule has 3 aromatic rings. The minimum Gasteiger partial charge on any atom is -0.368 e. The number of nitrogens with one attached hydrogen (secondary N) is 2. The summed E-state index contributed by atoms with van der Waals surface area (Å²) in [7, 11) is 0. The zero-order valence-electron chi connectivity index (χ0n) is 19.7. The average molecular weight is 492 g/mol. The molecule has 4 rings (SSSR count). The van der Waals surface area contributed by atoms with E-state index >= 15 is 0 Å². The molecule has 0 atom stereocenters. The third kappa shape index (κ3) is 4.99. The van der Waals surface area contributed by atoms with Crippen LogP contribution >= 0.6 is 0 Å². The predicted molar refractivity (Wildman–Crippen MR) is 133 cm³/mol. The zero-order chi connectivity index (χ0) is 25.8. The lowest BCUT2D eigenvalue weighted by Crippen LogP contribution is -2.47. The highest BCUT2D eigenvalue weighted by Gasteiger charge is 2.30. The quantitative estimate of drug-likeness (QED) is 0.371. The molecule has 2 aromatic carbocycles. The Morgan fingerprint density at radius 2 is 1.58 bits per heavy atom. The van der Waals surface area contributed by atoms with Crippen molar-refractivity contribution in [2.75, 3.05) is 41.4 Å². The number of carbonyl (C=O) groups is 1. The number of non-ortho nitro benzene ring substituents is 1. The second kappa shape index (κ2) is 10.2. The number of nitrogens with zero attached hydrogens (tertiary/aromatic N) is 6. The molecule has 0 aliphatic carbocycles. The van der Waals surface area contributed by atoms with E-state index in [2.05, 4.69) is 51.7 Å². The van der Waals surface area contributed by atoms with Gasteiger partial charge >= 0.3 is 5.69 Å². The number of amides is 1. The maximum atomic E-state index is 12.4. The highest BCUT2D eigenvalue weighted by atomic mass is 16.6. The molecule has 0 radical (unpaired) electrons. The van der Waals surface area contributed by atoms with Crippen molar-refractivity contribution in [1.82, 2.24) is 15.4 Å². The van der Waals surface area contributed by atoms with Crippen LogP contribution in [0.1, 0.15) is 21.5 Å². The summed E-state index contributed by atoms with van der Waals surface area (Å²) in [5, 5.41) is 22.7. The molecule has 36 heavy (non-hydrogen) atoms. The summed E-state index contributed by atoms with van der Waals surface area (Å²) in [5.41, 5.74) is 8.00. The summed E-state index contributed by atoms with van der Waals surface area (Å²) < 4.78 is 0. The first-order valence-corrected chi connectivity index (χ1v) is 11.1. The van der Waals surface area contributed by atoms with Crippen LogP contribution in [0.25, 0.3) is 0 Å². The maximum Gasteiger partial charge on any atom is 0.355 e. The minimum absolute atomic E-state index is 0.132. The van der Waals surface area contributed by atoms with E-state index in [1.807, 2.05) is 11.0 Å². The molecule has 13 heteroatoms. The van der Waals surface area contributed by atoms with Gasteiger partial charge in [0.05, 0.1) is 9.85 Å². The Labute approximate surface area is 206 Å². The molecule has 1 aliphatic rings. The van der Waals surface area contributed by atoms with E-state index in [9.17, 15) is 25.0 Å². The van der Waals surface area contributed by atoms with Gasteiger partial charge in [-0.05, 0) is 43.2 Å². The number of rotatable bonds is 7. The second-order valence-corrected chi connectivity index (χ2v) is 8.23. The lowest BCUT2D eigenvalue weighted by atomic mass is 10.1. The number of hydrazine groups is 1. The molecule has 1 saturated heterocycles. The van der Waals surface area contributed by atoms with Gasteiger partial charge in [0.2, 0.25) is 11.6 Å². The lowest BCUT2D eigenvalue weighted by molar-refractivity contribution is -0.384. The van der Waals surface area contributed by atoms with Gasteiger partial charge in [0.15, 0.2) is 0 Å². The normalized spacial score (nSPS) is 13.3. The highest BCUT2D eigenvalue weighted by molar-refractivity contribution is 5.95. The van der Waals surface area contributed by atoms with Gasteiger partial charge in [0.25, 0.3) is 11.6 Å². The highest BCUT2D eigenvalue weighted by Crippen LogP contribution is 2.33. The van der Waals surface area contributed by atoms with E-state index in [0.717, 1.165) is 5.69 Å². The predicted octanol–water partition coefficient (Wildman–Crippen LogP) is 2.99. The zero-order valence-corrected chi connectivity index (χ0v) is 19.7. The van der Waals surface area contributed by atoms with E-state index < -0.39 is 15.8 Å². The summed E-state index contributed by atoms with van der Waals surface area (Å²) >= 11 is 0. The van der Waals surface area contributed by atoms with E-state index in [1.165, 1.54) is 41.7 Å². The smallest absolute Gasteiger partial charge is 0.355 e. The van der Waals surface area contributed by atoms with Crippen molar-refractivity contribution in [2.24, 2.45) is 0 Å². The van der Waals surface area contributed by atoms with Crippen LogP contribution < -0.4 is 20.7 Å². The molecule has 1 fully saturated rings. The van der Waals surface area contributed by atoms with Crippen LogP contribution in [0.15, 0.2) is 48.8 Å². The molecule has 0 unspecified atom stereocenters. The van der Waals surface area contributed by atoms with Gasteiger partial charge in [0.1, 0.15) is 6.33 Å². The molecule has 2 N–H and O–H groups in total. The molecule has 1 aliphatic heterocycles. The summed E-state index contributed by atoms with van der Waals surface area (Å²) in [6.07, 6.45) is 1.19. The average Bonchev–Trinajstić information content (AvgIpc) is 2.88. The molecule has 0 saturated carbocycles. The number of piperazine rings is 1. The summed E-state index contributed by atoms with van der Waals surface area (Å²) in [6.45, 7) is 6.49. The first-order valence-electron chi connectivity index (χ1n) is 11.1. The molecule has 1 aromatic heterocycles. The Hall–Kier alpha value is -4.81. The van der Waals surface area contributed by atoms with Crippen molar-refractivity contribution < 1.29 is 14.6 Å². The van der Waals surface area contributed by atoms with Crippen LogP contribution in [0.2, 0.25) is 0 Å². The van der Waals surface area contributed by atoms with Crippen LogP contribution in [0.5, 0.6) is 0 Å². The fourth-order valence-corrected chi connectivity index (χ4v) is 4.02. The van der Waals surface area contributed by atoms with Crippen molar-refractivity contribution in [2.45, 2.75) is 13.8 Å². The molecule has 0 bridgehead atoms. The Balaban J connectivity index is 1.48. The summed E-state index contributed by atoms with van der Waals surface area (Å²) in [6, 6.07) is 11.1. The van der Waals surface area contributed by atoms with Gasteiger partial charge in [-0.2, -0.15) is 0 Å². The van der Waals surface area contributed by atoms with Crippen molar-refractivity contribution in [3.63, 3.8) is 0 Å². The van der Waals surface area contributed by atoms with E-state index in [0.29, 0.717) is 26.2 Å². The van der Waals surface area contributed by atoms with Crippen molar-refractivity contribution in [3.8, 4) is 0 Å². The van der Waals surface area contributed by atoms with E-state index in [-0.39, 0.29) is 28.6 Å². The van der Waals surface area contributed by atoms with Gasteiger partial charge in [-0.15, -0.1) is 0 Å². The number of benzene rings is 2. The van der Waals surface area contributed by atoms with Gasteiger partial charge < -0.3 is 9.80 Å². The van der Waals surface area contributed by atoms with Crippen molar-refractivity contribution >= 4 is 34.6 Å². The Kier molecular flexibility index (Phi) is 6.90. The van der Waals surface area contributed by atoms with Crippen LogP contribution in [0.4, 0.5) is 28.7 Å².